The third kappa shape index (κ3) is 9.83. The Hall–Kier alpha value is -3.69. The van der Waals surface area contributed by atoms with E-state index in [1.807, 2.05) is 53.4 Å². The van der Waals surface area contributed by atoms with Crippen LogP contribution in [0, 0.1) is 16.7 Å². The van der Waals surface area contributed by atoms with Gasteiger partial charge in [-0.25, -0.2) is 9.78 Å². The molecule has 0 aliphatic carbocycles. The number of carbonyl (C=O) groups excluding carboxylic acids is 3. The molecule has 4 rings (SSSR count). The van der Waals surface area contributed by atoms with Crippen LogP contribution >= 0.6 is 28.1 Å². The fourth-order valence-corrected chi connectivity index (χ4v) is 7.29. The molecule has 0 N–H and O–H groups in total. The molecular formula is C38H48BrF3N6O6S. The quantitative estimate of drug-likeness (QED) is 0.106. The molecule has 0 saturated carbocycles. The third-order valence-corrected chi connectivity index (χ3v) is 11.3. The summed E-state index contributed by atoms with van der Waals surface area (Å²) in [5.41, 5.74) is -3.24. The Balaban J connectivity index is 1.34. The maximum absolute atomic E-state index is 13.7. The minimum absolute atomic E-state index is 0.0277. The van der Waals surface area contributed by atoms with E-state index in [9.17, 15) is 32.8 Å². The number of nitriles is 1. The molecule has 2 aliphatic heterocycles. The Morgan fingerprint density at radius 2 is 1.64 bits per heavy atom. The molecular weight excluding hydrogens is 805 g/mol. The molecule has 1 aromatic heterocycles. The lowest BCUT2D eigenvalue weighted by Crippen LogP contribution is -2.53. The molecule has 12 nitrogen and oxygen atoms in total. The number of benzene rings is 1. The number of pyridine rings is 1. The van der Waals surface area contributed by atoms with Gasteiger partial charge in [0.1, 0.15) is 12.1 Å². The predicted octanol–water partition coefficient (Wildman–Crippen LogP) is 6.47. The number of anilines is 2. The summed E-state index contributed by atoms with van der Waals surface area (Å²) in [6.07, 6.45) is -2.76. The average molecular weight is 854 g/mol. The zero-order valence-electron chi connectivity index (χ0n) is 32.6. The monoisotopic (exact) mass is 852 g/mol. The van der Waals surface area contributed by atoms with E-state index in [0.717, 1.165) is 22.6 Å². The van der Waals surface area contributed by atoms with Crippen molar-refractivity contribution in [1.82, 2.24) is 14.8 Å². The fourth-order valence-electron chi connectivity index (χ4n) is 6.20. The molecule has 2 fully saturated rings. The van der Waals surface area contributed by atoms with Crippen LogP contribution in [0.5, 0.6) is 5.88 Å². The Labute approximate surface area is 334 Å². The number of ether oxygens (including phenoxy) is 3. The molecule has 1 unspecified atom stereocenters. The van der Waals surface area contributed by atoms with E-state index < -0.39 is 56.2 Å². The van der Waals surface area contributed by atoms with Gasteiger partial charge in [-0.15, -0.1) is 0 Å². The minimum Gasteiger partial charge on any atom is -0.476 e. The van der Waals surface area contributed by atoms with Gasteiger partial charge >= 0.3 is 18.1 Å². The van der Waals surface area contributed by atoms with E-state index in [-0.39, 0.29) is 17.3 Å². The third-order valence-electron chi connectivity index (χ3n) is 9.25. The molecule has 1 amide bonds. The van der Waals surface area contributed by atoms with E-state index in [1.54, 1.807) is 30.9 Å². The number of halogens is 4. The summed E-state index contributed by atoms with van der Waals surface area (Å²) < 4.78 is 57.1. The maximum atomic E-state index is 13.7. The van der Waals surface area contributed by atoms with E-state index in [2.05, 4.69) is 25.8 Å². The Bertz CT molecular complexity index is 1850. The van der Waals surface area contributed by atoms with Crippen molar-refractivity contribution >= 4 is 62.5 Å². The van der Waals surface area contributed by atoms with Crippen LogP contribution in [0.25, 0.3) is 0 Å². The van der Waals surface area contributed by atoms with Gasteiger partial charge in [-0.05, 0) is 93.5 Å². The second kappa shape index (κ2) is 16.4. The van der Waals surface area contributed by atoms with Crippen LogP contribution in [0.3, 0.4) is 0 Å². The van der Waals surface area contributed by atoms with Gasteiger partial charge in [-0.2, -0.15) is 18.4 Å². The highest BCUT2D eigenvalue weighted by Crippen LogP contribution is 2.44. The lowest BCUT2D eigenvalue weighted by Gasteiger charge is -2.41. The first-order valence-electron chi connectivity index (χ1n) is 17.8. The topological polar surface area (TPSA) is 129 Å². The molecule has 2 aromatic rings. The summed E-state index contributed by atoms with van der Waals surface area (Å²) in [6, 6.07) is 6.40. The van der Waals surface area contributed by atoms with E-state index in [4.69, 9.17) is 26.4 Å². The molecule has 55 heavy (non-hydrogen) atoms. The van der Waals surface area contributed by atoms with Gasteiger partial charge < -0.3 is 19.1 Å². The zero-order chi connectivity index (χ0) is 41.3. The number of rotatable bonds is 11. The van der Waals surface area contributed by atoms with E-state index in [0.29, 0.717) is 57.3 Å². The number of aryl methyl sites for hydroxylation is 1. The highest BCUT2D eigenvalue weighted by atomic mass is 79.9. The molecule has 1 aromatic carbocycles. The lowest BCUT2D eigenvalue weighted by molar-refractivity contribution is -0.189. The van der Waals surface area contributed by atoms with Crippen LogP contribution in [0.4, 0.5) is 24.5 Å². The van der Waals surface area contributed by atoms with E-state index in [1.165, 1.54) is 12.3 Å². The number of hydrogen-bond donors (Lipinski definition) is 0. The van der Waals surface area contributed by atoms with Crippen LogP contribution in [0.1, 0.15) is 79.0 Å². The van der Waals surface area contributed by atoms with Crippen molar-refractivity contribution < 1.29 is 41.8 Å². The Kier molecular flexibility index (Phi) is 13.1. The van der Waals surface area contributed by atoms with Crippen LogP contribution in [0.2, 0.25) is 0 Å². The van der Waals surface area contributed by atoms with Gasteiger partial charge in [0.05, 0.1) is 46.9 Å². The highest BCUT2D eigenvalue weighted by Gasteiger charge is 2.53. The fraction of sp³-hybridized carbons (Fsp3) is 0.579. The number of alkyl halides is 4. The molecule has 17 heteroatoms. The summed E-state index contributed by atoms with van der Waals surface area (Å²) in [7, 11) is 0. The molecule has 0 spiro atoms. The number of nitrogens with zero attached hydrogens (tertiary/aromatic N) is 6. The van der Waals surface area contributed by atoms with Crippen LogP contribution in [0.15, 0.2) is 30.5 Å². The molecule has 2 aliphatic rings. The van der Waals surface area contributed by atoms with E-state index >= 15 is 0 Å². The number of piperazine rings is 1. The van der Waals surface area contributed by atoms with Crippen molar-refractivity contribution in [1.29, 1.82) is 5.26 Å². The van der Waals surface area contributed by atoms with Crippen molar-refractivity contribution in [2.24, 2.45) is 5.41 Å². The number of amides is 1. The molecule has 300 valence electrons. The standard InChI is InChI=1S/C38H48BrF3N6O6S/c1-10-24-19-27(48-33(55)47(31(50)36(48,8)9)26-12-11-25(21-43)28(20-26)38(40,41)42)22-44-30(24)52-18-17-45-13-15-46(16-14-45)23-29(49)53-32(51)37(39,34(2,3)4)54-35(5,6)7/h11-12,19-20,22H,10,13-18,23H2,1-9H3. The summed E-state index contributed by atoms with van der Waals surface area (Å²) in [5.74, 6) is -1.59. The second-order valence-corrected chi connectivity index (χ2v) is 17.4. The van der Waals surface area contributed by atoms with Crippen molar-refractivity contribution in [3.63, 3.8) is 0 Å². The Morgan fingerprint density at radius 3 is 2.18 bits per heavy atom. The van der Waals surface area contributed by atoms with Crippen molar-refractivity contribution in [2.45, 2.75) is 90.6 Å². The lowest BCUT2D eigenvalue weighted by atomic mass is 9.88. The van der Waals surface area contributed by atoms with Crippen molar-refractivity contribution in [3.05, 3.63) is 47.2 Å². The zero-order valence-corrected chi connectivity index (χ0v) is 35.0. The first kappa shape index (κ1) is 44.0. The van der Waals surface area contributed by atoms with Crippen molar-refractivity contribution in [2.75, 3.05) is 55.7 Å². The molecule has 2 saturated heterocycles. The van der Waals surface area contributed by atoms with Gasteiger partial charge in [0, 0.05) is 43.7 Å². The number of thiocarbonyl (C=S) groups is 1. The normalized spacial score (nSPS) is 18.3. The van der Waals surface area contributed by atoms with Gasteiger partial charge in [0.15, 0.2) is 5.11 Å². The van der Waals surface area contributed by atoms with Crippen molar-refractivity contribution in [3.8, 4) is 11.9 Å². The van der Waals surface area contributed by atoms with Gasteiger partial charge in [0.25, 0.3) is 5.91 Å². The number of hydrogen-bond acceptors (Lipinski definition) is 11. The molecule has 3 heterocycles. The summed E-state index contributed by atoms with van der Waals surface area (Å²) in [4.78, 5) is 50.8. The SMILES string of the molecule is CCc1cc(N2C(=S)N(c3ccc(C#N)c(C(F)(F)F)c3)C(=O)C2(C)C)cnc1OCCN1CCN(CC(=O)OC(=O)C(Br)(OC(C)(C)C)C(C)(C)C)CC1. The molecule has 0 bridgehead atoms. The minimum atomic E-state index is -4.81. The first-order valence-corrected chi connectivity index (χ1v) is 19.0. The number of carbonyl (C=O) groups is 3. The van der Waals surface area contributed by atoms with Crippen LogP contribution in [-0.2, 0) is 36.5 Å². The maximum Gasteiger partial charge on any atom is 0.417 e. The average Bonchev–Trinajstić information content (AvgIpc) is 3.25. The highest BCUT2D eigenvalue weighted by molar-refractivity contribution is 9.10. The summed E-state index contributed by atoms with van der Waals surface area (Å²) in [5, 5.41) is 9.18. The molecule has 1 atom stereocenters. The van der Waals surface area contributed by atoms with Gasteiger partial charge in [0.2, 0.25) is 10.4 Å². The molecule has 0 radical (unpaired) electrons. The second-order valence-electron chi connectivity index (χ2n) is 16.0. The largest absolute Gasteiger partial charge is 0.476 e. The smallest absolute Gasteiger partial charge is 0.417 e. The summed E-state index contributed by atoms with van der Waals surface area (Å²) >= 11 is 9.09. The Morgan fingerprint density at radius 1 is 1.02 bits per heavy atom. The van der Waals surface area contributed by atoms with Gasteiger partial charge in [-0.1, -0.05) is 27.7 Å². The van der Waals surface area contributed by atoms with Crippen LogP contribution < -0.4 is 14.5 Å². The predicted molar refractivity (Wildman–Crippen MR) is 208 cm³/mol. The number of esters is 2. The summed E-state index contributed by atoms with van der Waals surface area (Å²) in [6.45, 7) is 19.4. The van der Waals surface area contributed by atoms with Gasteiger partial charge in [-0.3, -0.25) is 24.3 Å². The van der Waals surface area contributed by atoms with Crippen LogP contribution in [-0.4, -0.2) is 99.3 Å². The first-order chi connectivity index (χ1) is 25.3. The number of aromatic nitrogens is 1.